The molecular weight excluding hydrogens is 473 g/mol. The van der Waals surface area contributed by atoms with Crippen molar-refractivity contribution in [2.24, 2.45) is 0 Å². The van der Waals surface area contributed by atoms with E-state index in [1.54, 1.807) is 12.1 Å². The summed E-state index contributed by atoms with van der Waals surface area (Å²) in [7, 11) is 0. The largest absolute Gasteiger partial charge is 0.492 e. The van der Waals surface area contributed by atoms with Crippen molar-refractivity contribution in [1.82, 2.24) is 14.5 Å². The van der Waals surface area contributed by atoms with Gasteiger partial charge in [-0.2, -0.15) is 0 Å². The molecule has 35 heavy (non-hydrogen) atoms. The van der Waals surface area contributed by atoms with E-state index in [0.717, 1.165) is 5.39 Å². The number of nitrogens with one attached hydrogen (secondary N) is 1. The summed E-state index contributed by atoms with van der Waals surface area (Å²) in [6, 6.07) is 13.7. The first-order valence-corrected chi connectivity index (χ1v) is 11.3. The third kappa shape index (κ3) is 3.29. The van der Waals surface area contributed by atoms with Crippen LogP contribution in [0.1, 0.15) is 21.6 Å². The van der Waals surface area contributed by atoms with E-state index in [0.29, 0.717) is 34.0 Å². The minimum absolute atomic E-state index is 0.00222. The first kappa shape index (κ1) is 21.4. The average Bonchev–Trinajstić information content (AvgIpc) is 3.44. The molecule has 0 unspecified atom stereocenters. The Morgan fingerprint density at radius 2 is 2.06 bits per heavy atom. The van der Waals surface area contributed by atoms with Crippen molar-refractivity contribution >= 4 is 39.4 Å². The Morgan fingerprint density at radius 1 is 1.23 bits per heavy atom. The molecule has 0 saturated heterocycles. The minimum Gasteiger partial charge on any atom is -0.492 e. The fourth-order valence-electron chi connectivity index (χ4n) is 4.82. The molecule has 9 heteroatoms. The van der Waals surface area contributed by atoms with Crippen molar-refractivity contribution in [3.05, 3.63) is 92.9 Å². The van der Waals surface area contributed by atoms with Crippen LogP contribution in [-0.4, -0.2) is 32.2 Å². The maximum absolute atomic E-state index is 15.1. The van der Waals surface area contributed by atoms with Crippen LogP contribution < -0.4 is 10.3 Å². The lowest BCUT2D eigenvalue weighted by molar-refractivity contribution is 0.0687. The van der Waals surface area contributed by atoms with Gasteiger partial charge in [0, 0.05) is 34.7 Å². The first-order chi connectivity index (χ1) is 16.9. The summed E-state index contributed by atoms with van der Waals surface area (Å²) in [4.78, 5) is 32.4. The van der Waals surface area contributed by atoms with Crippen LogP contribution >= 0.6 is 11.6 Å². The fraction of sp³-hybridized carbons (Fsp3) is 0.115. The molecule has 1 aliphatic heterocycles. The Morgan fingerprint density at radius 3 is 2.86 bits per heavy atom. The molecule has 4 heterocycles. The van der Waals surface area contributed by atoms with Gasteiger partial charge in [0.1, 0.15) is 22.4 Å². The van der Waals surface area contributed by atoms with E-state index in [-0.39, 0.29) is 40.9 Å². The summed E-state index contributed by atoms with van der Waals surface area (Å²) in [6.07, 6.45) is 1.82. The number of pyridine rings is 2. The molecule has 3 aromatic heterocycles. The molecule has 0 bridgehead atoms. The van der Waals surface area contributed by atoms with Gasteiger partial charge in [-0.25, -0.2) is 14.2 Å². The van der Waals surface area contributed by atoms with Crippen molar-refractivity contribution in [3.8, 4) is 16.9 Å². The van der Waals surface area contributed by atoms with E-state index in [1.165, 1.54) is 16.8 Å². The lowest BCUT2D eigenvalue weighted by Crippen LogP contribution is -2.14. The number of carboxylic acid groups (broad SMARTS) is 1. The zero-order valence-corrected chi connectivity index (χ0v) is 18.9. The van der Waals surface area contributed by atoms with Gasteiger partial charge < -0.3 is 19.4 Å². The number of ether oxygens (including phenoxy) is 1. The number of fused-ring (bicyclic) bond motifs is 4. The Balaban J connectivity index is 1.71. The van der Waals surface area contributed by atoms with Gasteiger partial charge in [-0.3, -0.25) is 4.79 Å². The van der Waals surface area contributed by atoms with Gasteiger partial charge in [-0.15, -0.1) is 0 Å². The molecule has 0 saturated carbocycles. The molecule has 2 N–H and O–H groups in total. The van der Waals surface area contributed by atoms with Gasteiger partial charge >= 0.3 is 5.97 Å². The molecule has 2 aromatic carbocycles. The summed E-state index contributed by atoms with van der Waals surface area (Å²) >= 11 is 6.48. The van der Waals surface area contributed by atoms with Gasteiger partial charge in [-0.05, 0) is 30.3 Å². The molecule has 0 amide bonds. The fourth-order valence-corrected chi connectivity index (χ4v) is 5.02. The number of nitrogens with zero attached hydrogens (tertiary/aromatic N) is 2. The number of hydrogen-bond donors (Lipinski definition) is 2. The van der Waals surface area contributed by atoms with Crippen molar-refractivity contribution in [2.45, 2.75) is 13.0 Å². The normalized spacial score (nSPS) is 12.7. The SMILES string of the molecule is O=C(O)c1c(-c2ccc[nH]c2=O)c2c3c(c(F)cc2n1Cc1cc2ccccc2nc1Cl)CCO3. The maximum atomic E-state index is 15.1. The molecule has 0 radical (unpaired) electrons. The Hall–Kier alpha value is -4.17. The standard InChI is InChI=1S/C26H17ClFN3O4/c27-24-14(10-13-4-1-2-6-18(13)30-24)12-31-19-11-17(28)15-7-9-35-23(15)21(19)20(22(31)26(33)34)16-5-3-8-29-25(16)32/h1-6,8,10-11H,7,9,12H2,(H,29,32)(H,33,34). The Kier molecular flexibility index (Phi) is 4.86. The lowest BCUT2D eigenvalue weighted by Gasteiger charge is -2.12. The van der Waals surface area contributed by atoms with Crippen LogP contribution in [0.5, 0.6) is 5.75 Å². The molecule has 0 fully saturated rings. The van der Waals surface area contributed by atoms with Gasteiger partial charge in [0.2, 0.25) is 0 Å². The van der Waals surface area contributed by atoms with E-state index in [4.69, 9.17) is 16.3 Å². The number of aromatic carboxylic acids is 1. The van der Waals surface area contributed by atoms with E-state index < -0.39 is 17.3 Å². The van der Waals surface area contributed by atoms with Crippen LogP contribution in [-0.2, 0) is 13.0 Å². The molecule has 1 aliphatic rings. The quantitative estimate of drug-likeness (QED) is 0.345. The zero-order chi connectivity index (χ0) is 24.3. The van der Waals surface area contributed by atoms with Crippen LogP contribution in [0.25, 0.3) is 32.9 Å². The lowest BCUT2D eigenvalue weighted by atomic mass is 10.00. The second-order valence-corrected chi connectivity index (χ2v) is 8.68. The topological polar surface area (TPSA) is 97.2 Å². The molecule has 7 nitrogen and oxygen atoms in total. The average molecular weight is 490 g/mol. The number of carbonyl (C=O) groups is 1. The van der Waals surface area contributed by atoms with Crippen molar-refractivity contribution in [3.63, 3.8) is 0 Å². The number of aromatic amines is 1. The third-order valence-corrected chi connectivity index (χ3v) is 6.65. The number of carboxylic acids is 1. The van der Waals surface area contributed by atoms with Crippen molar-refractivity contribution < 1.29 is 19.0 Å². The Bertz CT molecular complexity index is 1740. The third-order valence-electron chi connectivity index (χ3n) is 6.32. The van der Waals surface area contributed by atoms with E-state index >= 15 is 4.39 Å². The predicted molar refractivity (Wildman–Crippen MR) is 130 cm³/mol. The number of rotatable bonds is 4. The Labute approximate surface area is 202 Å². The summed E-state index contributed by atoms with van der Waals surface area (Å²) < 4.78 is 22.3. The highest BCUT2D eigenvalue weighted by Gasteiger charge is 2.32. The van der Waals surface area contributed by atoms with E-state index in [2.05, 4.69) is 9.97 Å². The van der Waals surface area contributed by atoms with Crippen LogP contribution in [0.4, 0.5) is 4.39 Å². The number of para-hydroxylation sites is 1. The highest BCUT2D eigenvalue weighted by atomic mass is 35.5. The van der Waals surface area contributed by atoms with Crippen LogP contribution in [0.2, 0.25) is 5.15 Å². The smallest absolute Gasteiger partial charge is 0.353 e. The molecule has 0 spiro atoms. The van der Waals surface area contributed by atoms with Crippen molar-refractivity contribution in [1.29, 1.82) is 0 Å². The second kappa shape index (κ2) is 7.95. The summed E-state index contributed by atoms with van der Waals surface area (Å²) in [5, 5.41) is 11.7. The van der Waals surface area contributed by atoms with Gasteiger partial charge in [0.05, 0.1) is 35.1 Å². The van der Waals surface area contributed by atoms with Gasteiger partial charge in [0.25, 0.3) is 5.56 Å². The molecule has 0 atom stereocenters. The number of H-pyrrole nitrogens is 1. The highest BCUT2D eigenvalue weighted by molar-refractivity contribution is 6.30. The molecule has 5 aromatic rings. The van der Waals surface area contributed by atoms with Crippen LogP contribution in [0.3, 0.4) is 0 Å². The highest BCUT2D eigenvalue weighted by Crippen LogP contribution is 2.44. The summed E-state index contributed by atoms with van der Waals surface area (Å²) in [5.41, 5.74) is 1.62. The predicted octanol–water partition coefficient (Wildman–Crippen LogP) is 5.02. The molecule has 174 valence electrons. The minimum atomic E-state index is -1.27. The molecular formula is C26H17ClFN3O4. The van der Waals surface area contributed by atoms with Crippen LogP contribution in [0.15, 0.2) is 59.5 Å². The summed E-state index contributed by atoms with van der Waals surface area (Å²) in [6.45, 7) is 0.266. The number of benzene rings is 2. The van der Waals surface area contributed by atoms with E-state index in [1.807, 2.05) is 30.3 Å². The van der Waals surface area contributed by atoms with Crippen molar-refractivity contribution in [2.75, 3.05) is 6.61 Å². The number of aromatic nitrogens is 3. The van der Waals surface area contributed by atoms with E-state index in [9.17, 15) is 14.7 Å². The molecule has 6 rings (SSSR count). The zero-order valence-electron chi connectivity index (χ0n) is 18.1. The van der Waals surface area contributed by atoms with Crippen LogP contribution in [0, 0.1) is 5.82 Å². The number of hydrogen-bond acceptors (Lipinski definition) is 4. The van der Waals surface area contributed by atoms with Gasteiger partial charge in [0.15, 0.2) is 0 Å². The summed E-state index contributed by atoms with van der Waals surface area (Å²) in [5.74, 6) is -1.49. The first-order valence-electron chi connectivity index (χ1n) is 10.9. The number of halogens is 2. The molecule has 0 aliphatic carbocycles. The maximum Gasteiger partial charge on any atom is 0.353 e. The second-order valence-electron chi connectivity index (χ2n) is 8.32. The monoisotopic (exact) mass is 489 g/mol. The van der Waals surface area contributed by atoms with Gasteiger partial charge in [-0.1, -0.05) is 29.8 Å².